The SMILES string of the molecule is CC(C)(C)[N+]1(C(=O)[O-])CC[C@H](CN2C(=O)S/C(=C(/Cc3ccc(Cl)cc3C(F)(F)F)c3ccc4[nH]ncc4c3)C2=O)C1. The van der Waals surface area contributed by atoms with E-state index in [1.54, 1.807) is 24.4 Å². The number of carbonyl (C=O) groups excluding carboxylic acids is 3. The Labute approximate surface area is 249 Å². The molecule has 2 aliphatic heterocycles. The van der Waals surface area contributed by atoms with Crippen molar-refractivity contribution < 1.29 is 37.1 Å². The predicted octanol–water partition coefficient (Wildman–Crippen LogP) is 5.86. The average Bonchev–Trinajstić information content (AvgIpc) is 3.62. The number of carboxylic acid groups (broad SMARTS) is 1. The summed E-state index contributed by atoms with van der Waals surface area (Å²) in [6, 6.07) is 8.55. The molecule has 0 bridgehead atoms. The van der Waals surface area contributed by atoms with Crippen LogP contribution in [0, 0.1) is 5.92 Å². The number of H-pyrrole nitrogens is 1. The van der Waals surface area contributed by atoms with Crippen LogP contribution < -0.4 is 5.11 Å². The standard InChI is InChI=1S/C29H28ClF3N4O4S/c1-28(2,3)37(27(40)41)9-8-16(15-37)14-36-25(38)24(42-26(36)39)21(17-5-7-23-19(10-17)13-34-35-23)11-18-4-6-20(30)12-22(18)29(31,32)33/h4-7,10,12-13,16H,8-9,11,14-15H2,1-3H3,(H-,34,35,38,40,41)/t16-,37?/m1/s1. The van der Waals surface area contributed by atoms with Crippen LogP contribution in [0.3, 0.4) is 0 Å². The monoisotopic (exact) mass is 620 g/mol. The average molecular weight is 621 g/mol. The van der Waals surface area contributed by atoms with Crippen molar-refractivity contribution in [3.05, 3.63) is 69.2 Å². The number of carbonyl (C=O) groups is 3. The summed E-state index contributed by atoms with van der Waals surface area (Å²) in [4.78, 5) is 40.2. The molecule has 0 saturated carbocycles. The number of benzene rings is 2. The number of quaternary nitrogens is 1. The fourth-order valence-electron chi connectivity index (χ4n) is 5.82. The van der Waals surface area contributed by atoms with Gasteiger partial charge in [-0.2, -0.15) is 18.3 Å². The number of amides is 3. The molecule has 222 valence electrons. The normalized spacial score (nSPS) is 22.8. The molecular weight excluding hydrogens is 593 g/mol. The number of nitrogens with zero attached hydrogens (tertiary/aromatic N) is 3. The number of likely N-dealkylation sites (tertiary alicyclic amines) is 1. The third-order valence-electron chi connectivity index (χ3n) is 8.22. The van der Waals surface area contributed by atoms with Crippen LogP contribution in [0.2, 0.25) is 5.02 Å². The Balaban J connectivity index is 1.53. The maximum Gasteiger partial charge on any atom is 0.416 e. The molecule has 2 aliphatic rings. The van der Waals surface area contributed by atoms with E-state index in [1.807, 2.05) is 20.8 Å². The molecule has 0 aliphatic carbocycles. The van der Waals surface area contributed by atoms with Crippen LogP contribution in [-0.4, -0.2) is 62.0 Å². The molecule has 1 unspecified atom stereocenters. The fraction of sp³-hybridized carbons (Fsp3) is 0.379. The van der Waals surface area contributed by atoms with Gasteiger partial charge >= 0.3 is 6.18 Å². The fourth-order valence-corrected chi connectivity index (χ4v) is 6.95. The summed E-state index contributed by atoms with van der Waals surface area (Å²) >= 11 is 6.57. The molecule has 3 heterocycles. The summed E-state index contributed by atoms with van der Waals surface area (Å²) < 4.78 is 41.7. The van der Waals surface area contributed by atoms with Crippen LogP contribution in [0.5, 0.6) is 0 Å². The van der Waals surface area contributed by atoms with Crippen molar-refractivity contribution in [1.82, 2.24) is 15.1 Å². The number of aromatic amines is 1. The highest BCUT2D eigenvalue weighted by molar-refractivity contribution is 8.18. The molecule has 2 fully saturated rings. The van der Waals surface area contributed by atoms with Gasteiger partial charge < -0.3 is 9.90 Å². The van der Waals surface area contributed by atoms with Gasteiger partial charge in [-0.25, -0.2) is 0 Å². The minimum absolute atomic E-state index is 0.000316. The number of rotatable bonds is 5. The highest BCUT2D eigenvalue weighted by Gasteiger charge is 2.50. The van der Waals surface area contributed by atoms with E-state index in [2.05, 4.69) is 10.2 Å². The second-order valence-corrected chi connectivity index (χ2v) is 13.1. The van der Waals surface area contributed by atoms with E-state index in [0.717, 1.165) is 11.0 Å². The number of allylic oxidation sites excluding steroid dienone is 1. The predicted molar refractivity (Wildman–Crippen MR) is 151 cm³/mol. The number of alkyl halides is 3. The molecule has 1 N–H and O–H groups in total. The Morgan fingerprint density at radius 2 is 1.93 bits per heavy atom. The quantitative estimate of drug-likeness (QED) is 0.283. The highest BCUT2D eigenvalue weighted by atomic mass is 35.5. The van der Waals surface area contributed by atoms with Gasteiger partial charge in [-0.05, 0) is 79.9 Å². The van der Waals surface area contributed by atoms with Gasteiger partial charge in [-0.1, -0.05) is 23.7 Å². The van der Waals surface area contributed by atoms with Gasteiger partial charge in [0.05, 0.1) is 40.8 Å². The van der Waals surface area contributed by atoms with Gasteiger partial charge in [0.2, 0.25) is 0 Å². The Morgan fingerprint density at radius 1 is 1.19 bits per heavy atom. The van der Waals surface area contributed by atoms with Gasteiger partial charge in [0.1, 0.15) is 0 Å². The second-order valence-electron chi connectivity index (χ2n) is 11.7. The number of nitrogens with one attached hydrogen (secondary N) is 1. The number of aromatic nitrogens is 2. The minimum atomic E-state index is -4.70. The molecule has 2 saturated heterocycles. The Kier molecular flexibility index (Phi) is 7.70. The van der Waals surface area contributed by atoms with Gasteiger partial charge in [0.25, 0.3) is 17.2 Å². The van der Waals surface area contributed by atoms with Gasteiger partial charge in [-0.3, -0.25) is 24.1 Å². The molecule has 2 aromatic carbocycles. The van der Waals surface area contributed by atoms with Crippen molar-refractivity contribution in [2.24, 2.45) is 5.92 Å². The summed E-state index contributed by atoms with van der Waals surface area (Å²) in [5, 5.41) is 19.0. The third-order valence-corrected chi connectivity index (χ3v) is 9.47. The van der Waals surface area contributed by atoms with Crippen molar-refractivity contribution in [1.29, 1.82) is 0 Å². The lowest BCUT2D eigenvalue weighted by molar-refractivity contribution is -0.910. The van der Waals surface area contributed by atoms with E-state index in [0.29, 0.717) is 41.2 Å². The summed E-state index contributed by atoms with van der Waals surface area (Å²) in [6.07, 6.45) is -4.17. The zero-order valence-electron chi connectivity index (χ0n) is 23.0. The number of fused-ring (bicyclic) bond motifs is 1. The first-order chi connectivity index (χ1) is 19.6. The molecule has 2 atom stereocenters. The summed E-state index contributed by atoms with van der Waals surface area (Å²) in [7, 11) is 0. The van der Waals surface area contributed by atoms with Crippen LogP contribution in [0.1, 0.15) is 43.9 Å². The van der Waals surface area contributed by atoms with Gasteiger partial charge in [0.15, 0.2) is 0 Å². The molecule has 13 heteroatoms. The van der Waals surface area contributed by atoms with Crippen LogP contribution in [-0.2, 0) is 17.4 Å². The Hall–Kier alpha value is -3.35. The molecule has 5 rings (SSSR count). The highest BCUT2D eigenvalue weighted by Crippen LogP contribution is 2.43. The van der Waals surface area contributed by atoms with Crippen LogP contribution >= 0.6 is 23.4 Å². The summed E-state index contributed by atoms with van der Waals surface area (Å²) in [6.45, 7) is 5.92. The topological polar surface area (TPSA) is 106 Å². The summed E-state index contributed by atoms with van der Waals surface area (Å²) in [5.74, 6) is -0.905. The second kappa shape index (κ2) is 10.7. The number of thioether (sulfide) groups is 1. The maximum absolute atomic E-state index is 14.0. The minimum Gasteiger partial charge on any atom is -0.498 e. The van der Waals surface area contributed by atoms with E-state index < -0.39 is 34.5 Å². The Morgan fingerprint density at radius 3 is 2.57 bits per heavy atom. The number of imide groups is 1. The molecule has 0 spiro atoms. The molecule has 1 aromatic heterocycles. The van der Waals surface area contributed by atoms with Crippen molar-refractivity contribution in [3.8, 4) is 0 Å². The van der Waals surface area contributed by atoms with E-state index >= 15 is 0 Å². The van der Waals surface area contributed by atoms with Gasteiger partial charge in [-0.15, -0.1) is 0 Å². The van der Waals surface area contributed by atoms with Crippen molar-refractivity contribution in [2.45, 2.75) is 45.3 Å². The van der Waals surface area contributed by atoms with E-state index in [4.69, 9.17) is 11.6 Å². The van der Waals surface area contributed by atoms with Crippen molar-refractivity contribution >= 4 is 57.1 Å². The van der Waals surface area contributed by atoms with Crippen LogP contribution in [0.4, 0.5) is 22.8 Å². The van der Waals surface area contributed by atoms with E-state index in [1.165, 1.54) is 12.1 Å². The molecule has 3 aromatic rings. The maximum atomic E-state index is 14.0. The lowest BCUT2D eigenvalue weighted by Gasteiger charge is -2.45. The zero-order chi connectivity index (χ0) is 30.6. The molecular formula is C29H28ClF3N4O4S. The molecule has 8 nitrogen and oxygen atoms in total. The lowest BCUT2D eigenvalue weighted by atomic mass is 9.93. The Bertz CT molecular complexity index is 1630. The molecule has 0 radical (unpaired) electrons. The molecule has 3 amide bonds. The van der Waals surface area contributed by atoms with E-state index in [9.17, 15) is 32.7 Å². The van der Waals surface area contributed by atoms with Gasteiger partial charge in [0, 0.05) is 29.3 Å². The molecule has 42 heavy (non-hydrogen) atoms. The first kappa shape index (κ1) is 30.1. The van der Waals surface area contributed by atoms with Crippen molar-refractivity contribution in [3.63, 3.8) is 0 Å². The largest absolute Gasteiger partial charge is 0.498 e. The lowest BCUT2D eigenvalue weighted by Crippen LogP contribution is -2.66. The first-order valence-corrected chi connectivity index (χ1v) is 14.4. The van der Waals surface area contributed by atoms with Crippen LogP contribution in [0.15, 0.2) is 47.5 Å². The zero-order valence-corrected chi connectivity index (χ0v) is 24.6. The summed E-state index contributed by atoms with van der Waals surface area (Å²) in [5.41, 5.74) is -0.251. The van der Waals surface area contributed by atoms with Crippen molar-refractivity contribution in [2.75, 3.05) is 19.6 Å². The smallest absolute Gasteiger partial charge is 0.416 e. The third kappa shape index (κ3) is 5.43. The first-order valence-electron chi connectivity index (χ1n) is 13.3. The number of hydrogen-bond acceptors (Lipinski definition) is 6. The number of hydrogen-bond donors (Lipinski definition) is 1. The van der Waals surface area contributed by atoms with E-state index in [-0.39, 0.29) is 51.0 Å². The van der Waals surface area contributed by atoms with Crippen LogP contribution in [0.25, 0.3) is 16.5 Å². The number of halogens is 4.